The minimum atomic E-state index is -4.71. The zero-order valence-electron chi connectivity index (χ0n) is 8.97. The van der Waals surface area contributed by atoms with E-state index in [1.165, 1.54) is 6.07 Å². The molecule has 3 nitrogen and oxygen atoms in total. The summed E-state index contributed by atoms with van der Waals surface area (Å²) in [6.45, 7) is 0.528. The van der Waals surface area contributed by atoms with Crippen molar-refractivity contribution in [3.63, 3.8) is 0 Å². The number of hydrogen-bond donors (Lipinski definition) is 1. The Morgan fingerprint density at radius 3 is 2.47 bits per heavy atom. The molecule has 0 saturated carbocycles. The number of alkyl halides is 3. The van der Waals surface area contributed by atoms with E-state index in [9.17, 15) is 17.6 Å². The Hall–Kier alpha value is -1.50. The van der Waals surface area contributed by atoms with Crippen LogP contribution in [0.3, 0.4) is 0 Å². The third-order valence-electron chi connectivity index (χ3n) is 1.93. The largest absolute Gasteiger partial charge is 0.522 e. The van der Waals surface area contributed by atoms with Gasteiger partial charge in [-0.3, -0.25) is 4.74 Å². The molecular weight excluding hydrogens is 242 g/mol. The number of hydrogen-bond acceptors (Lipinski definition) is 3. The molecule has 0 radical (unpaired) electrons. The van der Waals surface area contributed by atoms with Crippen LogP contribution in [-0.4, -0.2) is 19.6 Å². The number of nitrogens with two attached hydrogens (primary N) is 1. The summed E-state index contributed by atoms with van der Waals surface area (Å²) in [4.78, 5) is 0. The average Bonchev–Trinajstić information content (AvgIpc) is 2.18. The maximum atomic E-state index is 13.2. The number of aryl methyl sites for hydroxylation is 1. The van der Waals surface area contributed by atoms with Crippen LogP contribution >= 0.6 is 0 Å². The first-order chi connectivity index (χ1) is 7.79. The molecule has 2 N–H and O–H groups in total. The highest BCUT2D eigenvalue weighted by Crippen LogP contribution is 2.23. The van der Waals surface area contributed by atoms with Gasteiger partial charge in [-0.15, -0.1) is 13.2 Å². The minimum Gasteiger partial charge on any atom is -0.488 e. The van der Waals surface area contributed by atoms with Crippen LogP contribution in [0.4, 0.5) is 23.2 Å². The highest BCUT2D eigenvalue weighted by molar-refractivity contribution is 5.50. The Morgan fingerprint density at radius 2 is 1.88 bits per heavy atom. The van der Waals surface area contributed by atoms with E-state index in [0.29, 0.717) is 5.56 Å². The smallest absolute Gasteiger partial charge is 0.488 e. The van der Waals surface area contributed by atoms with Crippen LogP contribution in [0.1, 0.15) is 5.56 Å². The summed E-state index contributed by atoms with van der Waals surface area (Å²) in [6, 6.07) is 2.37. The quantitative estimate of drug-likeness (QED) is 0.509. The maximum Gasteiger partial charge on any atom is 0.522 e. The first kappa shape index (κ1) is 13.6. The third kappa shape index (κ3) is 4.48. The molecule has 1 rings (SSSR count). The van der Waals surface area contributed by atoms with Gasteiger partial charge >= 0.3 is 6.36 Å². The SMILES string of the molecule is Cc1cc(OCCOC(F)(F)F)c(F)cc1N. The third-order valence-corrected chi connectivity index (χ3v) is 1.93. The van der Waals surface area contributed by atoms with Gasteiger partial charge in [0, 0.05) is 11.8 Å². The van der Waals surface area contributed by atoms with Crippen molar-refractivity contribution >= 4 is 5.69 Å². The first-order valence-electron chi connectivity index (χ1n) is 4.68. The molecule has 0 unspecified atom stereocenters. The highest BCUT2D eigenvalue weighted by atomic mass is 19.4. The van der Waals surface area contributed by atoms with Crippen molar-refractivity contribution in [1.82, 2.24) is 0 Å². The van der Waals surface area contributed by atoms with Crippen molar-refractivity contribution in [2.75, 3.05) is 18.9 Å². The van der Waals surface area contributed by atoms with E-state index in [1.807, 2.05) is 0 Å². The Morgan fingerprint density at radius 1 is 1.24 bits per heavy atom. The van der Waals surface area contributed by atoms with Crippen molar-refractivity contribution in [3.8, 4) is 5.75 Å². The molecule has 0 aliphatic rings. The van der Waals surface area contributed by atoms with E-state index in [2.05, 4.69) is 4.74 Å². The molecule has 0 aromatic heterocycles. The number of rotatable bonds is 4. The van der Waals surface area contributed by atoms with Crippen molar-refractivity contribution in [3.05, 3.63) is 23.5 Å². The second-order valence-corrected chi connectivity index (χ2v) is 3.28. The Labute approximate surface area is 95.1 Å². The summed E-state index contributed by atoms with van der Waals surface area (Å²) < 4.78 is 56.3. The molecule has 96 valence electrons. The van der Waals surface area contributed by atoms with E-state index in [1.54, 1.807) is 6.92 Å². The molecule has 0 heterocycles. The van der Waals surface area contributed by atoms with Crippen LogP contribution in [0.15, 0.2) is 12.1 Å². The van der Waals surface area contributed by atoms with E-state index in [4.69, 9.17) is 10.5 Å². The molecule has 0 atom stereocenters. The van der Waals surface area contributed by atoms with Crippen LogP contribution in [0, 0.1) is 12.7 Å². The van der Waals surface area contributed by atoms with Gasteiger partial charge in [0.15, 0.2) is 11.6 Å². The summed E-state index contributed by atoms with van der Waals surface area (Å²) >= 11 is 0. The van der Waals surface area contributed by atoms with Gasteiger partial charge in [-0.2, -0.15) is 0 Å². The predicted molar refractivity (Wildman–Crippen MR) is 53.1 cm³/mol. The van der Waals surface area contributed by atoms with Crippen molar-refractivity contribution in [2.24, 2.45) is 0 Å². The summed E-state index contributed by atoms with van der Waals surface area (Å²) in [5.74, 6) is -0.873. The van der Waals surface area contributed by atoms with Gasteiger partial charge in [0.05, 0.1) is 6.61 Å². The second kappa shape index (κ2) is 5.22. The molecule has 1 aromatic carbocycles. The van der Waals surface area contributed by atoms with Crippen LogP contribution in [0.25, 0.3) is 0 Å². The van der Waals surface area contributed by atoms with Gasteiger partial charge in [-0.25, -0.2) is 4.39 Å². The van der Waals surface area contributed by atoms with E-state index >= 15 is 0 Å². The lowest BCUT2D eigenvalue weighted by Crippen LogP contribution is -2.18. The van der Waals surface area contributed by atoms with Crippen molar-refractivity contribution in [1.29, 1.82) is 0 Å². The summed E-state index contributed by atoms with van der Waals surface area (Å²) in [7, 11) is 0. The van der Waals surface area contributed by atoms with E-state index in [-0.39, 0.29) is 11.4 Å². The summed E-state index contributed by atoms with van der Waals surface area (Å²) in [6.07, 6.45) is -4.71. The molecule has 0 saturated heterocycles. The standard InChI is InChI=1S/C10H11F4NO2/c1-6-4-9(7(11)5-8(6)15)16-2-3-17-10(12,13)14/h4-5H,2-3,15H2,1H3. The molecule has 17 heavy (non-hydrogen) atoms. The zero-order chi connectivity index (χ0) is 13.1. The van der Waals surface area contributed by atoms with Crippen LogP contribution in [-0.2, 0) is 4.74 Å². The molecular formula is C10H11F4NO2. The van der Waals surface area contributed by atoms with Crippen molar-refractivity contribution < 1.29 is 27.0 Å². The molecule has 0 amide bonds. The summed E-state index contributed by atoms with van der Waals surface area (Å²) in [5.41, 5.74) is 6.27. The Kier molecular flexibility index (Phi) is 4.17. The van der Waals surface area contributed by atoms with E-state index < -0.39 is 25.4 Å². The first-order valence-corrected chi connectivity index (χ1v) is 4.68. The maximum absolute atomic E-state index is 13.2. The lowest BCUT2D eigenvalue weighted by molar-refractivity contribution is -0.325. The molecule has 0 aliphatic carbocycles. The van der Waals surface area contributed by atoms with Gasteiger partial charge in [0.2, 0.25) is 0 Å². The normalized spacial score (nSPS) is 11.6. The Bertz CT molecular complexity index is 393. The lowest BCUT2D eigenvalue weighted by Gasteiger charge is -2.11. The van der Waals surface area contributed by atoms with E-state index in [0.717, 1.165) is 6.07 Å². The predicted octanol–water partition coefficient (Wildman–Crippen LogP) is 2.63. The fourth-order valence-electron chi connectivity index (χ4n) is 1.09. The number of benzene rings is 1. The van der Waals surface area contributed by atoms with Crippen LogP contribution < -0.4 is 10.5 Å². The lowest BCUT2D eigenvalue weighted by atomic mass is 10.2. The van der Waals surface area contributed by atoms with Gasteiger partial charge in [-0.05, 0) is 18.6 Å². The number of anilines is 1. The molecule has 7 heteroatoms. The minimum absolute atomic E-state index is 0.150. The van der Waals surface area contributed by atoms with Gasteiger partial charge in [0.25, 0.3) is 0 Å². The molecule has 0 bridgehead atoms. The second-order valence-electron chi connectivity index (χ2n) is 3.28. The number of halogens is 4. The van der Waals surface area contributed by atoms with Gasteiger partial charge < -0.3 is 10.5 Å². The van der Waals surface area contributed by atoms with Gasteiger partial charge in [0.1, 0.15) is 6.61 Å². The zero-order valence-corrected chi connectivity index (χ0v) is 8.97. The average molecular weight is 253 g/mol. The summed E-state index contributed by atoms with van der Waals surface area (Å²) in [5, 5.41) is 0. The van der Waals surface area contributed by atoms with Crippen LogP contribution in [0.2, 0.25) is 0 Å². The number of nitrogen functional groups attached to an aromatic ring is 1. The fourth-order valence-corrected chi connectivity index (χ4v) is 1.09. The monoisotopic (exact) mass is 253 g/mol. The topological polar surface area (TPSA) is 44.5 Å². The molecule has 1 aromatic rings. The van der Waals surface area contributed by atoms with Gasteiger partial charge in [-0.1, -0.05) is 0 Å². The highest BCUT2D eigenvalue weighted by Gasteiger charge is 2.28. The van der Waals surface area contributed by atoms with Crippen LogP contribution in [0.5, 0.6) is 5.75 Å². The molecule has 0 aliphatic heterocycles. The Balaban J connectivity index is 2.50. The molecule has 0 fully saturated rings. The fraction of sp³-hybridized carbons (Fsp3) is 0.400. The van der Waals surface area contributed by atoms with Crippen molar-refractivity contribution in [2.45, 2.75) is 13.3 Å². The number of ether oxygens (including phenoxy) is 2. The molecule has 0 spiro atoms.